The van der Waals surface area contributed by atoms with Crippen molar-refractivity contribution < 1.29 is 18.7 Å². The average molecular weight is 416 g/mol. The highest BCUT2D eigenvalue weighted by Gasteiger charge is 2.29. The predicted octanol–water partition coefficient (Wildman–Crippen LogP) is 4.89. The highest BCUT2D eigenvalue weighted by atomic mass is 16.5. The van der Waals surface area contributed by atoms with E-state index in [4.69, 9.17) is 9.15 Å². The number of hydrogen-bond acceptors (Lipinski definition) is 5. The number of aryl methyl sites for hydroxylation is 3. The number of benzene rings is 2. The molecule has 0 saturated carbocycles. The summed E-state index contributed by atoms with van der Waals surface area (Å²) >= 11 is 0. The number of nitrogens with zero attached hydrogens (tertiary/aromatic N) is 1. The van der Waals surface area contributed by atoms with E-state index in [1.54, 1.807) is 24.3 Å². The molecule has 158 valence electrons. The summed E-state index contributed by atoms with van der Waals surface area (Å²) in [5.74, 6) is 0.509. The van der Waals surface area contributed by atoms with Crippen molar-refractivity contribution in [2.24, 2.45) is 5.10 Å². The van der Waals surface area contributed by atoms with Crippen LogP contribution in [0.2, 0.25) is 0 Å². The van der Waals surface area contributed by atoms with Crippen molar-refractivity contribution in [1.82, 2.24) is 5.43 Å². The van der Waals surface area contributed by atoms with Crippen molar-refractivity contribution in [2.45, 2.75) is 40.0 Å². The molecule has 0 radical (unpaired) electrons. The van der Waals surface area contributed by atoms with Crippen LogP contribution in [-0.2, 0) is 6.42 Å². The molecule has 1 N–H and O–H groups in total. The molecule has 31 heavy (non-hydrogen) atoms. The number of fused-ring (bicyclic) bond motifs is 1. The molecule has 6 heteroatoms. The first kappa shape index (κ1) is 20.6. The Balaban J connectivity index is 1.55. The summed E-state index contributed by atoms with van der Waals surface area (Å²) in [6.07, 6.45) is 2.22. The summed E-state index contributed by atoms with van der Waals surface area (Å²) in [4.78, 5) is 25.1. The molecule has 1 amide bonds. The molecule has 0 unspecified atom stereocenters. The summed E-state index contributed by atoms with van der Waals surface area (Å²) in [7, 11) is 0. The van der Waals surface area contributed by atoms with Gasteiger partial charge in [-0.25, -0.2) is 10.2 Å². The topological polar surface area (TPSA) is 80.9 Å². The largest absolute Gasteiger partial charge is 0.453 e. The van der Waals surface area contributed by atoms with Gasteiger partial charge >= 0.3 is 5.97 Å². The van der Waals surface area contributed by atoms with Crippen molar-refractivity contribution in [3.8, 4) is 5.75 Å². The lowest BCUT2D eigenvalue weighted by Gasteiger charge is -2.13. The molecule has 4 rings (SSSR count). The van der Waals surface area contributed by atoms with Gasteiger partial charge in [-0.15, -0.1) is 0 Å². The Morgan fingerprint density at radius 2 is 1.58 bits per heavy atom. The van der Waals surface area contributed by atoms with Gasteiger partial charge in [0, 0.05) is 23.1 Å². The second-order valence-electron chi connectivity index (χ2n) is 7.78. The minimum atomic E-state index is -0.543. The van der Waals surface area contributed by atoms with Crippen LogP contribution >= 0.6 is 0 Å². The first-order chi connectivity index (χ1) is 14.9. The van der Waals surface area contributed by atoms with Gasteiger partial charge in [0.05, 0.1) is 5.71 Å². The zero-order valence-electron chi connectivity index (χ0n) is 17.8. The Kier molecular flexibility index (Phi) is 5.71. The number of hydrogen-bond donors (Lipinski definition) is 1. The van der Waals surface area contributed by atoms with Crippen LogP contribution in [-0.4, -0.2) is 17.6 Å². The third-order valence-corrected chi connectivity index (χ3v) is 5.35. The monoisotopic (exact) mass is 416 g/mol. The summed E-state index contributed by atoms with van der Waals surface area (Å²) in [6.45, 7) is 5.75. The Morgan fingerprint density at radius 3 is 2.26 bits per heavy atom. The molecule has 1 aromatic heterocycles. The number of esters is 1. The maximum absolute atomic E-state index is 12.7. The predicted molar refractivity (Wildman–Crippen MR) is 118 cm³/mol. The second-order valence-corrected chi connectivity index (χ2v) is 7.78. The average Bonchev–Trinajstić information content (AvgIpc) is 3.11. The van der Waals surface area contributed by atoms with Crippen molar-refractivity contribution >= 4 is 17.6 Å². The Hall–Kier alpha value is -3.67. The van der Waals surface area contributed by atoms with Crippen LogP contribution in [0.15, 0.2) is 58.0 Å². The Bertz CT molecular complexity index is 1160. The lowest BCUT2D eigenvalue weighted by molar-refractivity contribution is 0.0698. The maximum Gasteiger partial charge on any atom is 0.379 e. The molecule has 0 spiro atoms. The zero-order chi connectivity index (χ0) is 22.0. The first-order valence-corrected chi connectivity index (χ1v) is 10.3. The van der Waals surface area contributed by atoms with E-state index < -0.39 is 5.97 Å². The van der Waals surface area contributed by atoms with Gasteiger partial charge in [-0.1, -0.05) is 35.4 Å². The van der Waals surface area contributed by atoms with Crippen molar-refractivity contribution in [1.29, 1.82) is 0 Å². The molecule has 2 aromatic carbocycles. The number of rotatable bonds is 4. The first-order valence-electron chi connectivity index (χ1n) is 10.3. The van der Waals surface area contributed by atoms with Gasteiger partial charge in [-0.05, 0) is 57.9 Å². The molecule has 3 aromatic rings. The van der Waals surface area contributed by atoms with E-state index in [1.807, 2.05) is 45.0 Å². The fraction of sp³-hybridized carbons (Fsp3) is 0.240. The molecule has 1 heterocycles. The maximum atomic E-state index is 12.7. The molecule has 0 saturated heterocycles. The minimum Gasteiger partial charge on any atom is -0.453 e. The van der Waals surface area contributed by atoms with Crippen LogP contribution in [0.4, 0.5) is 0 Å². The Morgan fingerprint density at radius 1 is 0.935 bits per heavy atom. The molecule has 1 aliphatic rings. The van der Waals surface area contributed by atoms with E-state index in [1.165, 1.54) is 0 Å². The number of carbonyl (C=O) groups excluding carboxylic acids is 2. The minimum absolute atomic E-state index is 0.171. The molecule has 0 bridgehead atoms. The number of ether oxygens (including phenoxy) is 1. The summed E-state index contributed by atoms with van der Waals surface area (Å²) in [6, 6.07) is 14.5. The van der Waals surface area contributed by atoms with Gasteiger partial charge in [0.15, 0.2) is 0 Å². The number of hydrazone groups is 1. The van der Waals surface area contributed by atoms with Crippen LogP contribution in [0.5, 0.6) is 5.75 Å². The van der Waals surface area contributed by atoms with E-state index in [9.17, 15) is 9.59 Å². The van der Waals surface area contributed by atoms with Crippen molar-refractivity contribution in [3.05, 3.63) is 87.9 Å². The molecule has 0 aliphatic heterocycles. The van der Waals surface area contributed by atoms with Gasteiger partial charge in [0.2, 0.25) is 5.76 Å². The van der Waals surface area contributed by atoms with E-state index in [0.717, 1.165) is 23.1 Å². The number of amides is 1. The smallest absolute Gasteiger partial charge is 0.379 e. The highest BCUT2D eigenvalue weighted by molar-refractivity contribution is 6.06. The van der Waals surface area contributed by atoms with Gasteiger partial charge in [-0.2, -0.15) is 5.10 Å². The highest BCUT2D eigenvalue weighted by Crippen LogP contribution is 2.30. The number of nitrogens with one attached hydrogen (secondary N) is 1. The van der Waals surface area contributed by atoms with Gasteiger partial charge < -0.3 is 9.15 Å². The standard InChI is InChI=1S/C25H24N2O4/c1-15-7-11-18(12-8-15)24(28)27-26-20-5-4-6-21-22(20)17(3)23(31-21)25(29)30-19-13-9-16(2)10-14-19/h7-14H,4-6H2,1-3H3,(H,27,28)/b26-20+. The van der Waals surface area contributed by atoms with E-state index in [2.05, 4.69) is 10.5 Å². The van der Waals surface area contributed by atoms with Crippen molar-refractivity contribution in [3.63, 3.8) is 0 Å². The molecule has 1 aliphatic carbocycles. The lowest BCUT2D eigenvalue weighted by atomic mass is 9.93. The summed E-state index contributed by atoms with van der Waals surface area (Å²) in [5.41, 5.74) is 7.50. The normalized spacial score (nSPS) is 14.2. The van der Waals surface area contributed by atoms with Crippen molar-refractivity contribution in [2.75, 3.05) is 0 Å². The summed E-state index contributed by atoms with van der Waals surface area (Å²) in [5, 5.41) is 4.36. The van der Waals surface area contributed by atoms with Gasteiger partial charge in [0.1, 0.15) is 11.5 Å². The van der Waals surface area contributed by atoms with Crippen LogP contribution < -0.4 is 10.2 Å². The molecular weight excluding hydrogens is 392 g/mol. The quantitative estimate of drug-likeness (QED) is 0.373. The van der Waals surface area contributed by atoms with Crippen LogP contribution in [0.3, 0.4) is 0 Å². The van der Waals surface area contributed by atoms with Gasteiger partial charge in [0.25, 0.3) is 5.91 Å². The van der Waals surface area contributed by atoms with E-state index in [-0.39, 0.29) is 11.7 Å². The molecule has 0 atom stereocenters. The molecular formula is C25H24N2O4. The van der Waals surface area contributed by atoms with Crippen LogP contribution in [0, 0.1) is 20.8 Å². The third kappa shape index (κ3) is 4.43. The summed E-state index contributed by atoms with van der Waals surface area (Å²) < 4.78 is 11.3. The zero-order valence-corrected chi connectivity index (χ0v) is 17.8. The van der Waals surface area contributed by atoms with Gasteiger partial charge in [-0.3, -0.25) is 4.79 Å². The second kappa shape index (κ2) is 8.60. The van der Waals surface area contributed by atoms with E-state index in [0.29, 0.717) is 41.2 Å². The fourth-order valence-electron chi connectivity index (χ4n) is 3.62. The Labute approximate surface area is 180 Å². The number of carbonyl (C=O) groups is 2. The lowest BCUT2D eigenvalue weighted by Crippen LogP contribution is -2.22. The van der Waals surface area contributed by atoms with Crippen LogP contribution in [0.25, 0.3) is 0 Å². The third-order valence-electron chi connectivity index (χ3n) is 5.35. The van der Waals surface area contributed by atoms with E-state index >= 15 is 0 Å². The molecule has 0 fully saturated rings. The van der Waals surface area contributed by atoms with Crippen LogP contribution in [0.1, 0.15) is 61.8 Å². The molecule has 6 nitrogen and oxygen atoms in total. The SMILES string of the molecule is Cc1ccc(OC(=O)c2oc3c(c2C)/C(=N/NC(=O)c2ccc(C)cc2)CCC3)cc1. The number of furan rings is 1. The fourth-order valence-corrected chi connectivity index (χ4v) is 3.62.